The number of nitrogens with two attached hydrogens (primary N) is 1. The average molecular weight is 417 g/mol. The Balaban J connectivity index is 1.46. The van der Waals surface area contributed by atoms with Crippen molar-refractivity contribution in [2.75, 3.05) is 18.1 Å². The number of hydrogen-bond donors (Lipinski definition) is 1. The van der Waals surface area contributed by atoms with E-state index in [-0.39, 0.29) is 5.91 Å². The summed E-state index contributed by atoms with van der Waals surface area (Å²) in [5, 5.41) is 0. The molecule has 4 aliphatic rings. The Labute approximate surface area is 177 Å². The van der Waals surface area contributed by atoms with E-state index < -0.39 is 35.7 Å². The van der Waals surface area contributed by atoms with Crippen molar-refractivity contribution in [2.45, 2.75) is 12.1 Å². The summed E-state index contributed by atoms with van der Waals surface area (Å²) in [4.78, 5) is 42.5. The molecule has 0 spiro atoms. The van der Waals surface area contributed by atoms with Crippen LogP contribution < -0.4 is 20.1 Å². The first-order chi connectivity index (χ1) is 15.1. The van der Waals surface area contributed by atoms with Crippen LogP contribution in [0, 0.1) is 11.8 Å². The van der Waals surface area contributed by atoms with Crippen LogP contribution in [0.5, 0.6) is 11.5 Å². The van der Waals surface area contributed by atoms with Crippen LogP contribution in [0.4, 0.5) is 5.69 Å². The van der Waals surface area contributed by atoms with Gasteiger partial charge in [-0.3, -0.25) is 14.4 Å². The van der Waals surface area contributed by atoms with Crippen LogP contribution in [0.15, 0.2) is 48.7 Å². The van der Waals surface area contributed by atoms with Gasteiger partial charge in [-0.2, -0.15) is 0 Å². The fraction of sp³-hybridized carbons (Fsp3) is 0.261. The van der Waals surface area contributed by atoms with Crippen molar-refractivity contribution >= 4 is 29.5 Å². The van der Waals surface area contributed by atoms with Crippen LogP contribution >= 0.6 is 0 Å². The Kier molecular flexibility index (Phi) is 3.68. The topological polar surface area (TPSA) is 102 Å². The zero-order valence-corrected chi connectivity index (χ0v) is 16.4. The second-order valence-corrected chi connectivity index (χ2v) is 8.08. The molecule has 2 fully saturated rings. The first kappa shape index (κ1) is 18.0. The number of nitrogens with zero attached hydrogens (tertiary/aromatic N) is 2. The second kappa shape index (κ2) is 6.34. The van der Waals surface area contributed by atoms with Gasteiger partial charge in [0.1, 0.15) is 19.3 Å². The number of rotatable bonds is 2. The fourth-order valence-electron chi connectivity index (χ4n) is 5.31. The van der Waals surface area contributed by atoms with Crippen LogP contribution in [0.3, 0.4) is 0 Å². The molecule has 2 aromatic rings. The first-order valence-corrected chi connectivity index (χ1v) is 10.2. The van der Waals surface area contributed by atoms with Crippen molar-refractivity contribution in [1.29, 1.82) is 0 Å². The fourth-order valence-corrected chi connectivity index (χ4v) is 5.31. The van der Waals surface area contributed by atoms with Gasteiger partial charge >= 0.3 is 0 Å². The second-order valence-electron chi connectivity index (χ2n) is 8.08. The van der Waals surface area contributed by atoms with Gasteiger partial charge in [0, 0.05) is 12.3 Å². The van der Waals surface area contributed by atoms with E-state index in [0.29, 0.717) is 30.4 Å². The maximum atomic E-state index is 13.6. The number of carbonyl (C=O) groups is 3. The molecule has 0 bridgehead atoms. The number of primary amides is 1. The molecule has 4 heterocycles. The summed E-state index contributed by atoms with van der Waals surface area (Å²) in [5.41, 5.74) is 8.01. The van der Waals surface area contributed by atoms with Crippen LogP contribution in [0.1, 0.15) is 17.2 Å². The molecule has 8 nitrogen and oxygen atoms in total. The maximum absolute atomic E-state index is 13.6. The van der Waals surface area contributed by atoms with Gasteiger partial charge in [0.15, 0.2) is 11.5 Å². The highest BCUT2D eigenvalue weighted by Gasteiger charge is 2.64. The molecular weight excluding hydrogens is 398 g/mol. The largest absolute Gasteiger partial charge is 0.486 e. The highest BCUT2D eigenvalue weighted by atomic mass is 16.6. The van der Waals surface area contributed by atoms with Gasteiger partial charge < -0.3 is 20.1 Å². The Bertz CT molecular complexity index is 1180. The van der Waals surface area contributed by atoms with Crippen LogP contribution in [0.25, 0.3) is 6.08 Å². The Hall–Kier alpha value is -3.81. The van der Waals surface area contributed by atoms with Gasteiger partial charge in [-0.25, -0.2) is 4.90 Å². The van der Waals surface area contributed by atoms with Crippen molar-refractivity contribution in [2.24, 2.45) is 17.6 Å². The number of anilines is 1. The quantitative estimate of drug-likeness (QED) is 0.743. The number of benzene rings is 2. The summed E-state index contributed by atoms with van der Waals surface area (Å²) >= 11 is 0. The van der Waals surface area contributed by atoms with Crippen molar-refractivity contribution in [1.82, 2.24) is 4.90 Å². The highest BCUT2D eigenvalue weighted by Crippen LogP contribution is 2.53. The van der Waals surface area contributed by atoms with E-state index in [9.17, 15) is 14.4 Å². The molecule has 2 N–H and O–H groups in total. The lowest BCUT2D eigenvalue weighted by Crippen LogP contribution is -2.46. The average Bonchev–Trinajstić information content (AvgIpc) is 3.26. The van der Waals surface area contributed by atoms with Crippen molar-refractivity contribution in [3.05, 3.63) is 59.8 Å². The lowest BCUT2D eigenvalue weighted by Gasteiger charge is -2.34. The smallest absolute Gasteiger partial charge is 0.240 e. The number of amides is 3. The summed E-state index contributed by atoms with van der Waals surface area (Å²) in [6.45, 7) is 0.844. The predicted molar refractivity (Wildman–Crippen MR) is 110 cm³/mol. The lowest BCUT2D eigenvalue weighted by atomic mass is 9.84. The van der Waals surface area contributed by atoms with Crippen molar-refractivity contribution in [3.63, 3.8) is 0 Å². The van der Waals surface area contributed by atoms with Gasteiger partial charge in [-0.1, -0.05) is 24.3 Å². The van der Waals surface area contributed by atoms with Crippen molar-refractivity contribution < 1.29 is 23.9 Å². The van der Waals surface area contributed by atoms with Gasteiger partial charge in [-0.15, -0.1) is 0 Å². The Morgan fingerprint density at radius 2 is 1.71 bits per heavy atom. The third-order valence-electron chi connectivity index (χ3n) is 6.54. The van der Waals surface area contributed by atoms with Crippen LogP contribution in [-0.4, -0.2) is 41.9 Å². The van der Waals surface area contributed by atoms with Crippen LogP contribution in [-0.2, 0) is 14.4 Å². The molecule has 0 radical (unpaired) electrons. The van der Waals surface area contributed by atoms with Crippen molar-refractivity contribution in [3.8, 4) is 11.5 Å². The summed E-state index contributed by atoms with van der Waals surface area (Å²) in [6, 6.07) is 11.4. The third-order valence-corrected chi connectivity index (χ3v) is 6.54. The van der Waals surface area contributed by atoms with E-state index in [1.165, 1.54) is 4.90 Å². The SMILES string of the molecule is NC(=O)C1C2C(=O)N(c3ccc4c(c3)OCCO4)C(=O)C2C2c3ccccc3C=CN12. The summed E-state index contributed by atoms with van der Waals surface area (Å²) in [6.07, 6.45) is 3.66. The summed E-state index contributed by atoms with van der Waals surface area (Å²) in [7, 11) is 0. The van der Waals surface area contributed by atoms with Crippen LogP contribution in [0.2, 0.25) is 0 Å². The highest BCUT2D eigenvalue weighted by molar-refractivity contribution is 6.24. The molecule has 4 unspecified atom stereocenters. The molecule has 3 amide bonds. The molecule has 0 saturated carbocycles. The molecule has 8 heteroatoms. The number of hydrogen-bond acceptors (Lipinski definition) is 6. The van der Waals surface area contributed by atoms with Gasteiger partial charge in [-0.05, 0) is 29.3 Å². The monoisotopic (exact) mass is 417 g/mol. The minimum atomic E-state index is -0.890. The van der Waals surface area contributed by atoms with E-state index >= 15 is 0 Å². The molecule has 31 heavy (non-hydrogen) atoms. The molecule has 2 aromatic carbocycles. The summed E-state index contributed by atoms with van der Waals surface area (Å²) in [5.74, 6) is -1.87. The Morgan fingerprint density at radius 1 is 0.968 bits per heavy atom. The molecular formula is C23H19N3O5. The van der Waals surface area contributed by atoms with E-state index in [0.717, 1.165) is 11.1 Å². The first-order valence-electron chi connectivity index (χ1n) is 10.2. The Morgan fingerprint density at radius 3 is 2.52 bits per heavy atom. The van der Waals surface area contributed by atoms with Gasteiger partial charge in [0.25, 0.3) is 0 Å². The van der Waals surface area contributed by atoms with E-state index in [1.807, 2.05) is 30.3 Å². The molecule has 156 valence electrons. The number of imide groups is 1. The molecule has 6 rings (SSSR count). The van der Waals surface area contributed by atoms with Gasteiger partial charge in [0.05, 0.1) is 23.6 Å². The minimum Gasteiger partial charge on any atom is -0.486 e. The summed E-state index contributed by atoms with van der Waals surface area (Å²) < 4.78 is 11.2. The number of fused-ring (bicyclic) bond motifs is 6. The zero-order chi connectivity index (χ0) is 21.3. The molecule has 0 aliphatic carbocycles. The number of ether oxygens (including phenoxy) is 2. The zero-order valence-electron chi connectivity index (χ0n) is 16.4. The number of carbonyl (C=O) groups excluding carboxylic acids is 3. The van der Waals surface area contributed by atoms with E-state index in [2.05, 4.69) is 0 Å². The van der Waals surface area contributed by atoms with E-state index in [1.54, 1.807) is 29.3 Å². The molecule has 0 aromatic heterocycles. The minimum absolute atomic E-state index is 0.337. The molecule has 4 aliphatic heterocycles. The normalized spacial score (nSPS) is 27.7. The predicted octanol–water partition coefficient (Wildman–Crippen LogP) is 1.46. The lowest BCUT2D eigenvalue weighted by molar-refractivity contribution is -0.129. The molecule has 2 saturated heterocycles. The maximum Gasteiger partial charge on any atom is 0.240 e. The molecule has 4 atom stereocenters. The van der Waals surface area contributed by atoms with Gasteiger partial charge in [0.2, 0.25) is 17.7 Å². The van der Waals surface area contributed by atoms with E-state index in [4.69, 9.17) is 15.2 Å². The third kappa shape index (κ3) is 2.38. The standard InChI is InChI=1S/C23H19N3O5/c24-21(27)20-18-17(19-14-4-2-1-3-12(14)7-8-25(19)20)22(28)26(23(18)29)13-5-6-15-16(11-13)31-10-9-30-15/h1-8,11,17-20H,9-10H2,(H2,24,27).